The average Bonchev–Trinajstić information content (AvgIpc) is 3.13. The Morgan fingerprint density at radius 3 is 2.42 bits per heavy atom. The Labute approximate surface area is 188 Å². The van der Waals surface area contributed by atoms with Crippen LogP contribution in [0.2, 0.25) is 0 Å². The van der Waals surface area contributed by atoms with E-state index < -0.39 is 33.9 Å². The van der Waals surface area contributed by atoms with E-state index in [2.05, 4.69) is 4.74 Å². The number of phenolic OH excluding ortho intramolecular Hbond substituents is 1. The van der Waals surface area contributed by atoms with Crippen molar-refractivity contribution in [2.45, 2.75) is 24.7 Å². The molecule has 3 aromatic carbocycles. The molecule has 0 saturated heterocycles. The number of carbonyl (C=O) groups is 1. The van der Waals surface area contributed by atoms with E-state index in [1.807, 2.05) is 0 Å². The van der Waals surface area contributed by atoms with E-state index >= 15 is 0 Å². The zero-order valence-corrected chi connectivity index (χ0v) is 18.1. The highest BCUT2D eigenvalue weighted by Gasteiger charge is 2.24. The van der Waals surface area contributed by atoms with Gasteiger partial charge >= 0.3 is 12.6 Å². The van der Waals surface area contributed by atoms with Gasteiger partial charge in [-0.05, 0) is 47.5 Å². The molecule has 0 saturated carbocycles. The summed E-state index contributed by atoms with van der Waals surface area (Å²) in [6.07, 6.45) is 1.09. The zero-order valence-electron chi connectivity index (χ0n) is 17.2. The van der Waals surface area contributed by atoms with Crippen LogP contribution in [0.3, 0.4) is 0 Å². The van der Waals surface area contributed by atoms with Crippen molar-refractivity contribution in [2.75, 3.05) is 6.26 Å². The Kier molecular flexibility index (Phi) is 5.94. The molecule has 0 unspecified atom stereocenters. The molecule has 3 aromatic rings. The maximum Gasteiger partial charge on any atom is 0.387 e. The molecule has 0 bridgehead atoms. The summed E-state index contributed by atoms with van der Waals surface area (Å²) in [7, 11) is -3.36. The highest BCUT2D eigenvalue weighted by molar-refractivity contribution is 7.90. The van der Waals surface area contributed by atoms with Crippen molar-refractivity contribution in [3.63, 3.8) is 0 Å². The normalized spacial score (nSPS) is 13.0. The largest absolute Gasteiger partial charge is 0.502 e. The van der Waals surface area contributed by atoms with E-state index in [0.717, 1.165) is 6.26 Å². The van der Waals surface area contributed by atoms with Crippen molar-refractivity contribution >= 4 is 15.8 Å². The van der Waals surface area contributed by atoms with Crippen LogP contribution in [-0.2, 0) is 27.8 Å². The Bertz CT molecular complexity index is 1320. The molecule has 0 spiro atoms. The number of halogens is 2. The minimum Gasteiger partial charge on any atom is -0.502 e. The van der Waals surface area contributed by atoms with E-state index in [0.29, 0.717) is 27.8 Å². The number of esters is 1. The minimum absolute atomic E-state index is 0.0880. The van der Waals surface area contributed by atoms with Crippen LogP contribution in [-0.4, -0.2) is 32.4 Å². The van der Waals surface area contributed by atoms with Gasteiger partial charge in [0.05, 0.1) is 10.5 Å². The third kappa shape index (κ3) is 4.75. The summed E-state index contributed by atoms with van der Waals surface area (Å²) in [6, 6.07) is 13.5. The molecular formula is C23H18F2O7S. The van der Waals surface area contributed by atoms with Crippen LogP contribution >= 0.6 is 0 Å². The van der Waals surface area contributed by atoms with E-state index in [1.54, 1.807) is 30.3 Å². The van der Waals surface area contributed by atoms with Crippen LogP contribution in [0.15, 0.2) is 59.5 Å². The third-order valence-corrected chi connectivity index (χ3v) is 6.17. The number of ether oxygens (including phenoxy) is 3. The fourth-order valence-electron chi connectivity index (χ4n) is 3.41. The van der Waals surface area contributed by atoms with Crippen molar-refractivity contribution < 1.29 is 41.3 Å². The quantitative estimate of drug-likeness (QED) is 0.507. The van der Waals surface area contributed by atoms with Gasteiger partial charge in [0.15, 0.2) is 21.3 Å². The zero-order chi connectivity index (χ0) is 23.8. The lowest BCUT2D eigenvalue weighted by Crippen LogP contribution is -2.04. The smallest absolute Gasteiger partial charge is 0.387 e. The molecule has 0 aromatic heterocycles. The second-order valence-electron chi connectivity index (χ2n) is 7.32. The summed E-state index contributed by atoms with van der Waals surface area (Å²) >= 11 is 0. The number of carbonyl (C=O) groups excluding carboxylic acids is 1. The van der Waals surface area contributed by atoms with Gasteiger partial charge in [0.1, 0.15) is 13.2 Å². The highest BCUT2D eigenvalue weighted by Crippen LogP contribution is 2.45. The predicted octanol–water partition coefficient (Wildman–Crippen LogP) is 4.31. The lowest BCUT2D eigenvalue weighted by Gasteiger charge is -2.17. The molecule has 1 aliphatic rings. The summed E-state index contributed by atoms with van der Waals surface area (Å²) in [5, 5.41) is 10.6. The highest BCUT2D eigenvalue weighted by atomic mass is 32.2. The third-order valence-electron chi connectivity index (χ3n) is 5.04. The molecule has 7 nitrogen and oxygen atoms in total. The first kappa shape index (κ1) is 22.5. The molecule has 1 N–H and O–H groups in total. The van der Waals surface area contributed by atoms with Gasteiger partial charge in [-0.2, -0.15) is 8.78 Å². The maximum atomic E-state index is 12.8. The monoisotopic (exact) mass is 476 g/mol. The number of alkyl halides is 2. The summed E-state index contributed by atoms with van der Waals surface area (Å²) in [5.41, 5.74) is 2.60. The van der Waals surface area contributed by atoms with Gasteiger partial charge in [0.2, 0.25) is 5.75 Å². The van der Waals surface area contributed by atoms with Crippen molar-refractivity contribution in [1.29, 1.82) is 0 Å². The Balaban J connectivity index is 1.69. The molecule has 10 heteroatoms. The van der Waals surface area contributed by atoms with Crippen LogP contribution in [0.5, 0.6) is 17.2 Å². The molecule has 0 atom stereocenters. The van der Waals surface area contributed by atoms with E-state index in [9.17, 15) is 27.1 Å². The first-order valence-electron chi connectivity index (χ1n) is 9.66. The van der Waals surface area contributed by atoms with Gasteiger partial charge in [-0.25, -0.2) is 13.2 Å². The van der Waals surface area contributed by atoms with Crippen molar-refractivity contribution in [2.24, 2.45) is 0 Å². The Morgan fingerprint density at radius 2 is 1.76 bits per heavy atom. The lowest BCUT2D eigenvalue weighted by molar-refractivity contribution is -0.0514. The van der Waals surface area contributed by atoms with Gasteiger partial charge in [-0.1, -0.05) is 18.2 Å². The maximum absolute atomic E-state index is 12.8. The first-order valence-corrected chi connectivity index (χ1v) is 11.6. The molecule has 1 aliphatic heterocycles. The van der Waals surface area contributed by atoms with Crippen LogP contribution < -0.4 is 9.47 Å². The van der Waals surface area contributed by atoms with Crippen LogP contribution in [0.1, 0.15) is 21.5 Å². The number of benzene rings is 3. The van der Waals surface area contributed by atoms with E-state index in [-0.39, 0.29) is 23.9 Å². The SMILES string of the molecule is CS(=O)(=O)c1ccc(COc2c(-c3ccc4c(c3)COC4=O)ccc(OC(F)F)c2O)cc1. The number of phenols is 1. The number of hydrogen-bond acceptors (Lipinski definition) is 7. The molecule has 0 amide bonds. The Hall–Kier alpha value is -3.66. The second-order valence-corrected chi connectivity index (χ2v) is 9.34. The van der Waals surface area contributed by atoms with Gasteiger partial charge in [-0.3, -0.25) is 0 Å². The van der Waals surface area contributed by atoms with Gasteiger partial charge in [0.25, 0.3) is 0 Å². The first-order chi connectivity index (χ1) is 15.6. The molecule has 33 heavy (non-hydrogen) atoms. The van der Waals surface area contributed by atoms with Crippen molar-refractivity contribution in [3.8, 4) is 28.4 Å². The summed E-state index contributed by atoms with van der Waals surface area (Å²) in [6.45, 7) is -3.14. The van der Waals surface area contributed by atoms with Crippen LogP contribution in [0, 0.1) is 0 Å². The minimum atomic E-state index is -3.36. The van der Waals surface area contributed by atoms with Gasteiger partial charge in [-0.15, -0.1) is 0 Å². The van der Waals surface area contributed by atoms with Crippen LogP contribution in [0.25, 0.3) is 11.1 Å². The number of sulfone groups is 1. The average molecular weight is 476 g/mol. The van der Waals surface area contributed by atoms with Crippen molar-refractivity contribution in [3.05, 3.63) is 71.3 Å². The van der Waals surface area contributed by atoms with Gasteiger partial charge < -0.3 is 19.3 Å². The summed E-state index contributed by atoms with van der Waals surface area (Å²) < 4.78 is 63.9. The molecule has 0 fully saturated rings. The Morgan fingerprint density at radius 1 is 1.06 bits per heavy atom. The fourth-order valence-corrected chi connectivity index (χ4v) is 4.04. The van der Waals surface area contributed by atoms with Gasteiger partial charge in [0, 0.05) is 17.4 Å². The predicted molar refractivity (Wildman–Crippen MR) is 113 cm³/mol. The van der Waals surface area contributed by atoms with E-state index in [4.69, 9.17) is 9.47 Å². The molecular weight excluding hydrogens is 458 g/mol. The number of hydrogen-bond donors (Lipinski definition) is 1. The standard InChI is InChI=1S/C23H18F2O7S/c1-33(28,29)16-5-2-13(3-6-16)11-30-21-17(8-9-19(20(21)26)32-23(24)25)14-4-7-18-15(10-14)12-31-22(18)27/h2-10,23,26H,11-12H2,1H3. The number of aromatic hydroxyl groups is 1. The second kappa shape index (κ2) is 8.70. The lowest BCUT2D eigenvalue weighted by atomic mass is 9.99. The fraction of sp³-hybridized carbons (Fsp3) is 0.174. The van der Waals surface area contributed by atoms with Crippen LogP contribution in [0.4, 0.5) is 8.78 Å². The molecule has 4 rings (SSSR count). The molecule has 1 heterocycles. The molecule has 0 aliphatic carbocycles. The molecule has 172 valence electrons. The number of cyclic esters (lactones) is 1. The summed E-state index contributed by atoms with van der Waals surface area (Å²) in [5.74, 6) is -1.62. The number of fused-ring (bicyclic) bond motifs is 1. The van der Waals surface area contributed by atoms with Crippen molar-refractivity contribution in [1.82, 2.24) is 0 Å². The number of rotatable bonds is 7. The topological polar surface area (TPSA) is 99.1 Å². The molecule has 0 radical (unpaired) electrons. The van der Waals surface area contributed by atoms with E-state index in [1.165, 1.54) is 24.3 Å². The summed E-state index contributed by atoms with van der Waals surface area (Å²) in [4.78, 5) is 11.9.